The predicted molar refractivity (Wildman–Crippen MR) is 99.2 cm³/mol. The number of carbonyl (C=O) groups is 2. The Hall–Kier alpha value is -3.15. The number of rotatable bonds is 6. The van der Waals surface area contributed by atoms with Crippen LogP contribution in [0.2, 0.25) is 0 Å². The van der Waals surface area contributed by atoms with Gasteiger partial charge in [-0.2, -0.15) is 5.10 Å². The Balaban J connectivity index is 1.68. The average Bonchev–Trinajstić information content (AvgIpc) is 3.20. The van der Waals surface area contributed by atoms with Crippen LogP contribution in [0.3, 0.4) is 0 Å². The third-order valence-corrected chi connectivity index (χ3v) is 4.36. The fourth-order valence-electron chi connectivity index (χ4n) is 3.19. The quantitative estimate of drug-likeness (QED) is 0.671. The SMILES string of the molecule is CC(=O)c1c(C)[nH]c(C(=O)NCc2cccc(Cn3cccn3)c2)c1C. The molecule has 1 aromatic carbocycles. The van der Waals surface area contributed by atoms with Gasteiger partial charge in [0.1, 0.15) is 5.69 Å². The van der Waals surface area contributed by atoms with Gasteiger partial charge in [-0.25, -0.2) is 0 Å². The second kappa shape index (κ2) is 7.39. The average molecular weight is 350 g/mol. The van der Waals surface area contributed by atoms with E-state index in [2.05, 4.69) is 21.5 Å². The molecule has 0 saturated heterocycles. The minimum absolute atomic E-state index is 0.0402. The van der Waals surface area contributed by atoms with Crippen molar-refractivity contribution < 1.29 is 9.59 Å². The van der Waals surface area contributed by atoms with Crippen LogP contribution in [0.4, 0.5) is 0 Å². The first-order chi connectivity index (χ1) is 12.5. The van der Waals surface area contributed by atoms with Gasteiger partial charge in [0.25, 0.3) is 5.91 Å². The van der Waals surface area contributed by atoms with E-state index in [0.717, 1.165) is 16.8 Å². The van der Waals surface area contributed by atoms with Crippen LogP contribution in [0.15, 0.2) is 42.7 Å². The molecule has 0 saturated carbocycles. The van der Waals surface area contributed by atoms with Crippen LogP contribution < -0.4 is 5.32 Å². The first-order valence-electron chi connectivity index (χ1n) is 8.49. The summed E-state index contributed by atoms with van der Waals surface area (Å²) >= 11 is 0. The summed E-state index contributed by atoms with van der Waals surface area (Å²) in [5.41, 5.74) is 4.58. The summed E-state index contributed by atoms with van der Waals surface area (Å²) < 4.78 is 1.85. The molecular formula is C20H22N4O2. The Morgan fingerprint density at radius 3 is 2.62 bits per heavy atom. The molecule has 6 nitrogen and oxygen atoms in total. The normalized spacial score (nSPS) is 10.7. The Bertz CT molecular complexity index is 939. The second-order valence-electron chi connectivity index (χ2n) is 6.39. The summed E-state index contributed by atoms with van der Waals surface area (Å²) in [5, 5.41) is 7.12. The van der Waals surface area contributed by atoms with E-state index in [1.807, 2.05) is 35.1 Å². The third kappa shape index (κ3) is 3.74. The van der Waals surface area contributed by atoms with Crippen LogP contribution in [-0.4, -0.2) is 26.5 Å². The lowest BCUT2D eigenvalue weighted by molar-refractivity contribution is 0.0945. The zero-order valence-corrected chi connectivity index (χ0v) is 15.2. The van der Waals surface area contributed by atoms with Gasteiger partial charge < -0.3 is 10.3 Å². The van der Waals surface area contributed by atoms with Crippen LogP contribution in [0.5, 0.6) is 0 Å². The number of carbonyl (C=O) groups excluding carboxylic acids is 2. The van der Waals surface area contributed by atoms with Crippen LogP contribution >= 0.6 is 0 Å². The van der Waals surface area contributed by atoms with Crippen LogP contribution in [0, 0.1) is 13.8 Å². The lowest BCUT2D eigenvalue weighted by atomic mass is 10.1. The van der Waals surface area contributed by atoms with Gasteiger partial charge in [0.05, 0.1) is 6.54 Å². The molecule has 0 aliphatic rings. The molecular weight excluding hydrogens is 328 g/mol. The highest BCUT2D eigenvalue weighted by atomic mass is 16.2. The number of H-pyrrole nitrogens is 1. The molecule has 6 heteroatoms. The molecule has 26 heavy (non-hydrogen) atoms. The Morgan fingerprint density at radius 2 is 1.96 bits per heavy atom. The van der Waals surface area contributed by atoms with Gasteiger partial charge in [0.2, 0.25) is 0 Å². The highest BCUT2D eigenvalue weighted by molar-refractivity contribution is 6.02. The number of aromatic nitrogens is 3. The topological polar surface area (TPSA) is 79.8 Å². The minimum atomic E-state index is -0.212. The number of hydrogen-bond acceptors (Lipinski definition) is 3. The van der Waals surface area contributed by atoms with Crippen molar-refractivity contribution in [1.82, 2.24) is 20.1 Å². The van der Waals surface area contributed by atoms with Gasteiger partial charge in [-0.15, -0.1) is 0 Å². The molecule has 0 radical (unpaired) electrons. The van der Waals surface area contributed by atoms with Crippen molar-refractivity contribution in [2.24, 2.45) is 0 Å². The van der Waals surface area contributed by atoms with Crippen molar-refractivity contribution in [2.75, 3.05) is 0 Å². The van der Waals surface area contributed by atoms with Gasteiger partial charge in [0, 0.05) is 30.2 Å². The number of hydrogen-bond donors (Lipinski definition) is 2. The van der Waals surface area contributed by atoms with E-state index in [4.69, 9.17) is 0 Å². The maximum absolute atomic E-state index is 12.5. The number of amides is 1. The van der Waals surface area contributed by atoms with E-state index in [9.17, 15) is 9.59 Å². The molecule has 1 amide bonds. The number of Topliss-reactive ketones (excluding diaryl/α,β-unsaturated/α-hetero) is 1. The largest absolute Gasteiger partial charge is 0.354 e. The summed E-state index contributed by atoms with van der Waals surface area (Å²) in [7, 11) is 0. The highest BCUT2D eigenvalue weighted by Crippen LogP contribution is 2.18. The molecule has 0 aliphatic carbocycles. The molecule has 2 N–H and O–H groups in total. The molecule has 2 heterocycles. The maximum atomic E-state index is 12.5. The van der Waals surface area contributed by atoms with Gasteiger partial charge in [-0.1, -0.05) is 24.3 Å². The van der Waals surface area contributed by atoms with Crippen molar-refractivity contribution >= 4 is 11.7 Å². The number of aromatic amines is 1. The third-order valence-electron chi connectivity index (χ3n) is 4.36. The summed E-state index contributed by atoms with van der Waals surface area (Å²) in [6.07, 6.45) is 3.66. The van der Waals surface area contributed by atoms with Gasteiger partial charge in [0.15, 0.2) is 5.78 Å². The molecule has 3 rings (SSSR count). The zero-order chi connectivity index (χ0) is 18.7. The Morgan fingerprint density at radius 1 is 1.19 bits per heavy atom. The number of aryl methyl sites for hydroxylation is 1. The first-order valence-corrected chi connectivity index (χ1v) is 8.49. The van der Waals surface area contributed by atoms with Crippen molar-refractivity contribution in [2.45, 2.75) is 33.9 Å². The van der Waals surface area contributed by atoms with E-state index in [-0.39, 0.29) is 11.7 Å². The van der Waals surface area contributed by atoms with Gasteiger partial charge >= 0.3 is 0 Å². The Kier molecular flexibility index (Phi) is 5.02. The smallest absolute Gasteiger partial charge is 0.268 e. The fourth-order valence-corrected chi connectivity index (χ4v) is 3.19. The number of nitrogens with zero attached hydrogens (tertiary/aromatic N) is 2. The summed E-state index contributed by atoms with van der Waals surface area (Å²) in [6, 6.07) is 9.92. The lowest BCUT2D eigenvalue weighted by Crippen LogP contribution is -2.24. The molecule has 3 aromatic rings. The summed E-state index contributed by atoms with van der Waals surface area (Å²) in [5.74, 6) is -0.253. The van der Waals surface area contributed by atoms with Crippen LogP contribution in [0.1, 0.15) is 50.2 Å². The van der Waals surface area contributed by atoms with Gasteiger partial charge in [-0.05, 0) is 43.5 Å². The van der Waals surface area contributed by atoms with Crippen molar-refractivity contribution in [3.05, 3.63) is 76.4 Å². The minimum Gasteiger partial charge on any atom is -0.354 e. The van der Waals surface area contributed by atoms with E-state index in [1.165, 1.54) is 6.92 Å². The molecule has 0 bridgehead atoms. The maximum Gasteiger partial charge on any atom is 0.268 e. The Labute approximate surface area is 152 Å². The summed E-state index contributed by atoms with van der Waals surface area (Å²) in [6.45, 7) is 6.21. The monoisotopic (exact) mass is 350 g/mol. The molecule has 0 spiro atoms. The lowest BCUT2D eigenvalue weighted by Gasteiger charge is -2.08. The number of nitrogens with one attached hydrogen (secondary N) is 2. The molecule has 0 fully saturated rings. The second-order valence-corrected chi connectivity index (χ2v) is 6.39. The molecule has 134 valence electrons. The number of ketones is 1. The molecule has 2 aromatic heterocycles. The van der Waals surface area contributed by atoms with E-state index in [1.54, 1.807) is 20.0 Å². The molecule has 0 aliphatic heterocycles. The highest BCUT2D eigenvalue weighted by Gasteiger charge is 2.19. The van der Waals surface area contributed by atoms with Crippen molar-refractivity contribution in [3.8, 4) is 0 Å². The zero-order valence-electron chi connectivity index (χ0n) is 15.2. The van der Waals surface area contributed by atoms with E-state index < -0.39 is 0 Å². The fraction of sp³-hybridized carbons (Fsp3) is 0.250. The van der Waals surface area contributed by atoms with Gasteiger partial charge in [-0.3, -0.25) is 14.3 Å². The first kappa shape index (κ1) is 17.7. The predicted octanol–water partition coefficient (Wildman–Crippen LogP) is 3.01. The summed E-state index contributed by atoms with van der Waals surface area (Å²) in [4.78, 5) is 27.2. The van der Waals surface area contributed by atoms with Crippen molar-refractivity contribution in [3.63, 3.8) is 0 Å². The van der Waals surface area contributed by atoms with Crippen LogP contribution in [0.25, 0.3) is 0 Å². The van der Waals surface area contributed by atoms with Crippen LogP contribution in [-0.2, 0) is 13.1 Å². The standard InChI is InChI=1S/C20H22N4O2/c1-13-18(15(3)25)14(2)23-19(13)20(26)21-11-16-6-4-7-17(10-16)12-24-9-5-8-22-24/h4-10,23H,11-12H2,1-3H3,(H,21,26). The molecule has 0 atom stereocenters. The van der Waals surface area contributed by atoms with E-state index >= 15 is 0 Å². The van der Waals surface area contributed by atoms with E-state index in [0.29, 0.717) is 29.9 Å². The number of benzene rings is 1. The van der Waals surface area contributed by atoms with Crippen molar-refractivity contribution in [1.29, 1.82) is 0 Å². The molecule has 0 unspecified atom stereocenters.